The van der Waals surface area contributed by atoms with Crippen molar-refractivity contribution in [3.05, 3.63) is 83.5 Å². The Bertz CT molecular complexity index is 1150. The summed E-state index contributed by atoms with van der Waals surface area (Å²) in [6.07, 6.45) is 5.04. The second-order valence-electron chi connectivity index (χ2n) is 11.1. The molecule has 0 aromatic heterocycles. The molecule has 0 amide bonds. The van der Waals surface area contributed by atoms with E-state index < -0.39 is 23.6 Å². The van der Waals surface area contributed by atoms with Crippen molar-refractivity contribution in [2.45, 2.75) is 84.8 Å². The van der Waals surface area contributed by atoms with Gasteiger partial charge in [-0.15, -0.1) is 0 Å². The fourth-order valence-corrected chi connectivity index (χ4v) is 4.21. The lowest BCUT2D eigenvalue weighted by molar-refractivity contribution is -0.145. The first-order valence-corrected chi connectivity index (χ1v) is 14.1. The van der Waals surface area contributed by atoms with Gasteiger partial charge in [0.15, 0.2) is 0 Å². The molecule has 2 atom stereocenters. The summed E-state index contributed by atoms with van der Waals surface area (Å²) in [4.78, 5) is 24.6. The molecule has 0 radical (unpaired) electrons. The standard InChI is InChI=1S/C34H46O6/c1-8-9-10-11-27-14-17-30(18-15-27)31-19-16-28(20-23(31)2)12-13-29(21-39-32(36)24(3)26(5)35)22-40-33(37)25(4)34(6,7)38/h14-20,26,29,35,38H,3-4,8-13,21-22H2,1-2,5-7H3. The van der Waals surface area contributed by atoms with Crippen molar-refractivity contribution in [2.75, 3.05) is 13.2 Å². The third-order valence-electron chi connectivity index (χ3n) is 7.12. The number of benzene rings is 2. The molecule has 40 heavy (non-hydrogen) atoms. The molecule has 2 rings (SSSR count). The third-order valence-corrected chi connectivity index (χ3v) is 7.12. The number of esters is 2. The van der Waals surface area contributed by atoms with E-state index in [1.807, 2.05) is 0 Å². The zero-order chi connectivity index (χ0) is 29.9. The lowest BCUT2D eigenvalue weighted by Crippen LogP contribution is -2.30. The van der Waals surface area contributed by atoms with Crippen LogP contribution in [0.3, 0.4) is 0 Å². The molecule has 0 aliphatic carbocycles. The van der Waals surface area contributed by atoms with Gasteiger partial charge in [0.1, 0.15) is 0 Å². The Morgan fingerprint density at radius 1 is 0.925 bits per heavy atom. The van der Waals surface area contributed by atoms with Crippen molar-refractivity contribution in [1.82, 2.24) is 0 Å². The number of aliphatic hydroxyl groups excluding tert-OH is 1. The summed E-state index contributed by atoms with van der Waals surface area (Å²) in [5, 5.41) is 19.7. The SMILES string of the molecule is C=C(C(=O)OCC(CCc1ccc(-c2ccc(CCCCC)cc2)c(C)c1)COC(=O)C(=C)C(C)(C)O)C(C)O. The molecule has 0 aliphatic heterocycles. The first kappa shape index (κ1) is 33.0. The molecule has 6 heteroatoms. The average Bonchev–Trinajstić information content (AvgIpc) is 2.91. The van der Waals surface area contributed by atoms with Crippen molar-refractivity contribution in [3.8, 4) is 11.1 Å². The zero-order valence-corrected chi connectivity index (χ0v) is 24.8. The minimum atomic E-state index is -1.40. The monoisotopic (exact) mass is 550 g/mol. The number of rotatable bonds is 16. The number of hydrogen-bond acceptors (Lipinski definition) is 6. The summed E-state index contributed by atoms with van der Waals surface area (Å²) in [5.74, 6) is -1.69. The molecule has 0 bridgehead atoms. The van der Waals surface area contributed by atoms with Gasteiger partial charge in [-0.05, 0) is 81.2 Å². The molecule has 0 saturated carbocycles. The highest BCUT2D eigenvalue weighted by atomic mass is 16.5. The summed E-state index contributed by atoms with van der Waals surface area (Å²) in [5.41, 5.74) is 4.53. The highest BCUT2D eigenvalue weighted by molar-refractivity contribution is 5.90. The lowest BCUT2D eigenvalue weighted by Gasteiger charge is -2.22. The number of aryl methyl sites for hydroxylation is 3. The Hall–Kier alpha value is -3.22. The van der Waals surface area contributed by atoms with Crippen LogP contribution >= 0.6 is 0 Å². The van der Waals surface area contributed by atoms with Crippen molar-refractivity contribution >= 4 is 11.9 Å². The zero-order valence-electron chi connectivity index (χ0n) is 24.8. The summed E-state index contributed by atoms with van der Waals surface area (Å²) >= 11 is 0. The molecule has 6 nitrogen and oxygen atoms in total. The Morgan fingerprint density at radius 3 is 2.08 bits per heavy atom. The van der Waals surface area contributed by atoms with Crippen LogP contribution < -0.4 is 0 Å². The van der Waals surface area contributed by atoms with Gasteiger partial charge >= 0.3 is 11.9 Å². The Morgan fingerprint density at radius 2 is 1.52 bits per heavy atom. The lowest BCUT2D eigenvalue weighted by atomic mass is 9.94. The second kappa shape index (κ2) is 15.5. The molecule has 0 saturated heterocycles. The molecule has 0 spiro atoms. The van der Waals surface area contributed by atoms with Crippen molar-refractivity contribution in [2.24, 2.45) is 5.92 Å². The van der Waals surface area contributed by atoms with Gasteiger partial charge in [0.2, 0.25) is 0 Å². The number of carbonyl (C=O) groups excluding carboxylic acids is 2. The maximum Gasteiger partial charge on any atom is 0.336 e. The topological polar surface area (TPSA) is 93.1 Å². The number of hydrogen-bond donors (Lipinski definition) is 2. The quantitative estimate of drug-likeness (QED) is 0.145. The largest absolute Gasteiger partial charge is 0.462 e. The van der Waals surface area contributed by atoms with Crippen LogP contribution in [-0.2, 0) is 31.9 Å². The van der Waals surface area contributed by atoms with Crippen LogP contribution in [0.4, 0.5) is 0 Å². The van der Waals surface area contributed by atoms with Crippen LogP contribution in [-0.4, -0.2) is 47.1 Å². The predicted molar refractivity (Wildman–Crippen MR) is 160 cm³/mol. The first-order valence-electron chi connectivity index (χ1n) is 14.1. The van der Waals surface area contributed by atoms with E-state index in [0.29, 0.717) is 12.8 Å². The van der Waals surface area contributed by atoms with Gasteiger partial charge in [-0.1, -0.05) is 75.4 Å². The van der Waals surface area contributed by atoms with Gasteiger partial charge < -0.3 is 19.7 Å². The van der Waals surface area contributed by atoms with Crippen molar-refractivity contribution < 1.29 is 29.3 Å². The molecule has 218 valence electrons. The van der Waals surface area contributed by atoms with Crippen molar-refractivity contribution in [1.29, 1.82) is 0 Å². The van der Waals surface area contributed by atoms with Gasteiger partial charge in [-0.3, -0.25) is 0 Å². The summed E-state index contributed by atoms with van der Waals surface area (Å²) in [6, 6.07) is 15.2. The van der Waals surface area contributed by atoms with Gasteiger partial charge in [0.25, 0.3) is 0 Å². The number of aliphatic hydroxyl groups is 2. The average molecular weight is 551 g/mol. The molecular formula is C34H46O6. The van der Waals surface area contributed by atoms with E-state index in [1.54, 1.807) is 0 Å². The van der Waals surface area contributed by atoms with Crippen LogP contribution in [0, 0.1) is 12.8 Å². The smallest absolute Gasteiger partial charge is 0.336 e. The van der Waals surface area contributed by atoms with E-state index >= 15 is 0 Å². The van der Waals surface area contributed by atoms with E-state index in [2.05, 4.69) is 69.5 Å². The van der Waals surface area contributed by atoms with E-state index in [0.717, 1.165) is 12.0 Å². The Kier molecular flexibility index (Phi) is 12.8. The fraction of sp³-hybridized carbons (Fsp3) is 0.471. The fourth-order valence-electron chi connectivity index (χ4n) is 4.21. The summed E-state index contributed by atoms with van der Waals surface area (Å²) < 4.78 is 10.8. The van der Waals surface area contributed by atoms with Crippen LogP contribution in [0.25, 0.3) is 11.1 Å². The van der Waals surface area contributed by atoms with Gasteiger partial charge in [0.05, 0.1) is 36.1 Å². The Balaban J connectivity index is 2.07. The Labute approximate surface area is 239 Å². The maximum absolute atomic E-state index is 12.4. The molecule has 2 N–H and O–H groups in total. The van der Waals surface area contributed by atoms with Gasteiger partial charge in [-0.25, -0.2) is 9.59 Å². The highest BCUT2D eigenvalue weighted by Gasteiger charge is 2.26. The second-order valence-corrected chi connectivity index (χ2v) is 11.1. The third kappa shape index (κ3) is 10.4. The molecular weight excluding hydrogens is 504 g/mol. The van der Waals surface area contributed by atoms with Gasteiger partial charge in [0, 0.05) is 5.92 Å². The predicted octanol–water partition coefficient (Wildman–Crippen LogP) is 6.29. The molecule has 0 heterocycles. The molecule has 0 fully saturated rings. The highest BCUT2D eigenvalue weighted by Crippen LogP contribution is 2.26. The van der Waals surface area contributed by atoms with Crippen LogP contribution in [0.15, 0.2) is 66.8 Å². The van der Waals surface area contributed by atoms with Gasteiger partial charge in [-0.2, -0.15) is 0 Å². The van der Waals surface area contributed by atoms with Crippen LogP contribution in [0.2, 0.25) is 0 Å². The normalized spacial score (nSPS) is 12.9. The minimum Gasteiger partial charge on any atom is -0.462 e. The molecule has 2 unspecified atom stereocenters. The maximum atomic E-state index is 12.4. The summed E-state index contributed by atoms with van der Waals surface area (Å²) in [7, 11) is 0. The number of ether oxygens (including phenoxy) is 2. The van der Waals surface area contributed by atoms with E-state index in [4.69, 9.17) is 9.47 Å². The summed E-state index contributed by atoms with van der Waals surface area (Å²) in [6.45, 7) is 15.9. The van der Waals surface area contributed by atoms with E-state index in [9.17, 15) is 19.8 Å². The first-order chi connectivity index (χ1) is 18.8. The molecule has 2 aromatic rings. The van der Waals surface area contributed by atoms with Crippen molar-refractivity contribution in [3.63, 3.8) is 0 Å². The van der Waals surface area contributed by atoms with E-state index in [-0.39, 0.29) is 30.3 Å². The van der Waals surface area contributed by atoms with Crippen LogP contribution in [0.5, 0.6) is 0 Å². The van der Waals surface area contributed by atoms with E-state index in [1.165, 1.54) is 62.3 Å². The number of unbranched alkanes of at least 4 members (excludes halogenated alkanes) is 2. The number of carbonyl (C=O) groups is 2. The minimum absolute atomic E-state index is 0.00544. The van der Waals surface area contributed by atoms with Crippen LogP contribution in [0.1, 0.15) is 70.1 Å². The molecule has 0 aliphatic rings. The molecule has 2 aromatic carbocycles.